The van der Waals surface area contributed by atoms with Crippen LogP contribution in [-0.4, -0.2) is 45.2 Å². The molecule has 0 fully saturated rings. The SMILES string of the molecule is C=COCOCCCCCCOc1ccc(CCc2ccc(OC(=O)c3ccc(OCCCCCCOC(=O)C=C)cc3)cc2)cc1. The van der Waals surface area contributed by atoms with Gasteiger partial charge in [-0.25, -0.2) is 9.59 Å². The van der Waals surface area contributed by atoms with Crippen molar-refractivity contribution in [1.29, 1.82) is 0 Å². The van der Waals surface area contributed by atoms with Gasteiger partial charge >= 0.3 is 11.9 Å². The average molecular weight is 645 g/mol. The normalized spacial score (nSPS) is 10.6. The van der Waals surface area contributed by atoms with Crippen LogP contribution in [0.3, 0.4) is 0 Å². The lowest BCUT2D eigenvalue weighted by Gasteiger charge is -2.09. The first-order valence-corrected chi connectivity index (χ1v) is 16.4. The molecule has 3 aromatic rings. The fourth-order valence-electron chi connectivity index (χ4n) is 4.60. The van der Waals surface area contributed by atoms with Gasteiger partial charge in [0.2, 0.25) is 0 Å². The molecule has 0 heterocycles. The smallest absolute Gasteiger partial charge is 0.343 e. The summed E-state index contributed by atoms with van der Waals surface area (Å²) in [5.74, 6) is 1.30. The minimum Gasteiger partial charge on any atom is -0.494 e. The quantitative estimate of drug-likeness (QED) is 0.0227. The maximum Gasteiger partial charge on any atom is 0.343 e. The molecule has 0 bridgehead atoms. The highest BCUT2D eigenvalue weighted by atomic mass is 16.7. The van der Waals surface area contributed by atoms with Gasteiger partial charge in [0.1, 0.15) is 17.2 Å². The first-order valence-electron chi connectivity index (χ1n) is 16.4. The summed E-state index contributed by atoms with van der Waals surface area (Å²) in [4.78, 5) is 23.6. The van der Waals surface area contributed by atoms with E-state index < -0.39 is 5.97 Å². The molecule has 3 aromatic carbocycles. The molecular formula is C39H48O8. The summed E-state index contributed by atoms with van der Waals surface area (Å²) in [7, 11) is 0. The summed E-state index contributed by atoms with van der Waals surface area (Å²) in [6, 6.07) is 22.9. The topological polar surface area (TPSA) is 89.5 Å². The van der Waals surface area contributed by atoms with E-state index in [4.69, 9.17) is 28.4 Å². The van der Waals surface area contributed by atoms with E-state index in [2.05, 4.69) is 25.3 Å². The Bertz CT molecular complexity index is 1320. The van der Waals surface area contributed by atoms with E-state index in [1.165, 1.54) is 23.5 Å². The van der Waals surface area contributed by atoms with Crippen LogP contribution >= 0.6 is 0 Å². The summed E-state index contributed by atoms with van der Waals surface area (Å²) >= 11 is 0. The lowest BCUT2D eigenvalue weighted by Crippen LogP contribution is -2.08. The molecule has 8 heteroatoms. The van der Waals surface area contributed by atoms with Crippen LogP contribution < -0.4 is 14.2 Å². The third kappa shape index (κ3) is 16.0. The number of hydrogen-bond donors (Lipinski definition) is 0. The summed E-state index contributed by atoms with van der Waals surface area (Å²) in [5, 5.41) is 0. The molecule has 0 spiro atoms. The van der Waals surface area contributed by atoms with Gasteiger partial charge in [-0.1, -0.05) is 43.8 Å². The van der Waals surface area contributed by atoms with Crippen molar-refractivity contribution < 1.29 is 38.0 Å². The number of carbonyl (C=O) groups excluding carboxylic acids is 2. The van der Waals surface area contributed by atoms with Crippen molar-refractivity contribution in [2.24, 2.45) is 0 Å². The van der Waals surface area contributed by atoms with Crippen LogP contribution in [0.5, 0.6) is 17.2 Å². The summed E-state index contributed by atoms with van der Waals surface area (Å²) < 4.78 is 32.4. The Morgan fingerprint density at radius 1 is 0.574 bits per heavy atom. The number of carbonyl (C=O) groups is 2. The van der Waals surface area contributed by atoms with E-state index in [0.717, 1.165) is 70.0 Å². The Kier molecular flexibility index (Phi) is 18.0. The second kappa shape index (κ2) is 22.9. The number of benzene rings is 3. The number of ether oxygens (including phenoxy) is 6. The molecule has 3 rings (SSSR count). The van der Waals surface area contributed by atoms with Gasteiger partial charge in [0.25, 0.3) is 0 Å². The minimum atomic E-state index is -0.413. The molecule has 0 radical (unpaired) electrons. The Labute approximate surface area is 279 Å². The second-order valence-corrected chi connectivity index (χ2v) is 11.0. The first kappa shape index (κ1) is 36.9. The maximum absolute atomic E-state index is 12.6. The first-order chi connectivity index (χ1) is 23.1. The Balaban J connectivity index is 1.27. The van der Waals surface area contributed by atoms with Gasteiger partial charge in [-0.2, -0.15) is 0 Å². The number of rotatable bonds is 25. The highest BCUT2D eigenvalue weighted by Crippen LogP contribution is 2.19. The fourth-order valence-corrected chi connectivity index (χ4v) is 4.60. The van der Waals surface area contributed by atoms with Crippen molar-refractivity contribution in [3.8, 4) is 17.2 Å². The van der Waals surface area contributed by atoms with Crippen molar-refractivity contribution >= 4 is 11.9 Å². The highest BCUT2D eigenvalue weighted by Gasteiger charge is 2.09. The Morgan fingerprint density at radius 2 is 1.06 bits per heavy atom. The molecule has 0 N–H and O–H groups in total. The van der Waals surface area contributed by atoms with Crippen LogP contribution in [0.4, 0.5) is 0 Å². The monoisotopic (exact) mass is 644 g/mol. The van der Waals surface area contributed by atoms with Crippen molar-refractivity contribution in [3.63, 3.8) is 0 Å². The fraction of sp³-hybridized carbons (Fsp3) is 0.385. The van der Waals surface area contributed by atoms with Crippen LogP contribution in [0.25, 0.3) is 0 Å². The zero-order valence-corrected chi connectivity index (χ0v) is 27.4. The molecule has 252 valence electrons. The zero-order chi connectivity index (χ0) is 33.4. The predicted molar refractivity (Wildman–Crippen MR) is 183 cm³/mol. The lowest BCUT2D eigenvalue weighted by molar-refractivity contribution is -0.137. The number of hydrogen-bond acceptors (Lipinski definition) is 8. The third-order valence-corrected chi connectivity index (χ3v) is 7.29. The minimum absolute atomic E-state index is 0.269. The van der Waals surface area contributed by atoms with Crippen LogP contribution in [0, 0.1) is 0 Å². The van der Waals surface area contributed by atoms with Crippen LogP contribution in [0.1, 0.15) is 72.9 Å². The number of aryl methyl sites for hydroxylation is 2. The third-order valence-electron chi connectivity index (χ3n) is 7.29. The molecule has 47 heavy (non-hydrogen) atoms. The average Bonchev–Trinajstić information content (AvgIpc) is 3.10. The molecule has 0 atom stereocenters. The van der Waals surface area contributed by atoms with Gasteiger partial charge in [-0.05, 0) is 117 Å². The molecule has 0 aromatic heterocycles. The summed E-state index contributed by atoms with van der Waals surface area (Å²) in [6.07, 6.45) is 12.2. The van der Waals surface area contributed by atoms with Crippen molar-refractivity contribution in [2.75, 3.05) is 33.2 Å². The van der Waals surface area contributed by atoms with Crippen molar-refractivity contribution in [3.05, 3.63) is 115 Å². The van der Waals surface area contributed by atoms with Gasteiger partial charge in [0.15, 0.2) is 6.79 Å². The summed E-state index contributed by atoms with van der Waals surface area (Å²) in [5.41, 5.74) is 2.87. The van der Waals surface area contributed by atoms with Gasteiger partial charge in [0.05, 0.1) is 38.3 Å². The van der Waals surface area contributed by atoms with Crippen molar-refractivity contribution in [1.82, 2.24) is 0 Å². The van der Waals surface area contributed by atoms with Gasteiger partial charge in [-0.15, -0.1) is 0 Å². The maximum atomic E-state index is 12.6. The molecule has 0 aliphatic rings. The molecule has 0 saturated carbocycles. The standard InChI is InChI=1S/C39H48O8/c1-3-38(40)46-30-12-8-7-11-29-45-36-25-19-34(20-26-36)39(41)47-37-23-17-33(18-24-37)14-13-32-15-21-35(22-16-32)44-28-10-6-5-9-27-43-31-42-4-2/h3-4,15-26H,1-2,5-14,27-31H2. The highest BCUT2D eigenvalue weighted by molar-refractivity contribution is 5.91. The zero-order valence-electron chi connectivity index (χ0n) is 27.4. The summed E-state index contributed by atoms with van der Waals surface area (Å²) in [6.45, 7) is 9.51. The van der Waals surface area contributed by atoms with Crippen LogP contribution in [-0.2, 0) is 31.8 Å². The lowest BCUT2D eigenvalue weighted by atomic mass is 10.0. The van der Waals surface area contributed by atoms with E-state index in [-0.39, 0.29) is 12.8 Å². The second-order valence-electron chi connectivity index (χ2n) is 11.0. The van der Waals surface area contributed by atoms with E-state index in [0.29, 0.717) is 43.5 Å². The molecule has 0 unspecified atom stereocenters. The van der Waals surface area contributed by atoms with E-state index in [9.17, 15) is 9.59 Å². The molecule has 0 saturated heterocycles. The Morgan fingerprint density at radius 3 is 1.60 bits per heavy atom. The van der Waals surface area contributed by atoms with Crippen LogP contribution in [0.2, 0.25) is 0 Å². The number of esters is 2. The molecule has 8 nitrogen and oxygen atoms in total. The molecule has 0 aliphatic carbocycles. The predicted octanol–water partition coefficient (Wildman–Crippen LogP) is 8.43. The molecule has 0 aliphatic heterocycles. The van der Waals surface area contributed by atoms with E-state index >= 15 is 0 Å². The van der Waals surface area contributed by atoms with Gasteiger partial charge < -0.3 is 28.4 Å². The Hall–Kier alpha value is -4.56. The molecule has 0 amide bonds. The van der Waals surface area contributed by atoms with Crippen LogP contribution in [0.15, 0.2) is 98.3 Å². The van der Waals surface area contributed by atoms with Crippen molar-refractivity contribution in [2.45, 2.75) is 64.2 Å². The largest absolute Gasteiger partial charge is 0.494 e. The molecular weight excluding hydrogens is 596 g/mol. The van der Waals surface area contributed by atoms with E-state index in [1.807, 2.05) is 36.4 Å². The van der Waals surface area contributed by atoms with E-state index in [1.54, 1.807) is 24.3 Å². The van der Waals surface area contributed by atoms with Gasteiger partial charge in [-0.3, -0.25) is 0 Å². The number of unbranched alkanes of at least 4 members (excludes halogenated alkanes) is 6. The van der Waals surface area contributed by atoms with Gasteiger partial charge in [0, 0.05) is 6.08 Å².